The molecule has 0 aliphatic carbocycles. The number of nitro benzene ring substituents is 1. The minimum atomic E-state index is -0.671. The number of phenols is 1. The lowest BCUT2D eigenvalue weighted by Gasteiger charge is -2.07. The molecule has 9 heteroatoms. The number of hydrogen-bond donors (Lipinski definition) is 2. The second kappa shape index (κ2) is 6.79. The molecule has 3 aromatic rings. The Morgan fingerprint density at radius 2 is 1.85 bits per heavy atom. The molecule has 0 saturated heterocycles. The standard InChI is InChI=1S/C17H17N3O6/c1-4-26-15-6-9(5-12(16(15)21)20(22)23)17-18-10-7-13(24-2)14(25-3)8-11(10)19-17/h5-8,21H,4H2,1-3H3,(H,18,19). The molecule has 3 rings (SSSR count). The van der Waals surface area contributed by atoms with Gasteiger partial charge in [0.1, 0.15) is 5.82 Å². The first kappa shape index (κ1) is 17.3. The van der Waals surface area contributed by atoms with Crippen LogP contribution in [0.25, 0.3) is 22.4 Å². The second-order valence-electron chi connectivity index (χ2n) is 5.34. The third kappa shape index (κ3) is 2.94. The van der Waals surface area contributed by atoms with Gasteiger partial charge in [-0.2, -0.15) is 0 Å². The van der Waals surface area contributed by atoms with E-state index in [9.17, 15) is 15.2 Å². The average molecular weight is 359 g/mol. The Morgan fingerprint density at radius 1 is 1.15 bits per heavy atom. The Balaban J connectivity index is 2.17. The van der Waals surface area contributed by atoms with Gasteiger partial charge in [0.15, 0.2) is 17.2 Å². The highest BCUT2D eigenvalue weighted by molar-refractivity contribution is 5.84. The SMILES string of the molecule is CCOc1cc(-c2nc3cc(OC)c(OC)cc3[nH]2)cc([N+](=O)[O-])c1O. The van der Waals surface area contributed by atoms with Crippen LogP contribution in [0.5, 0.6) is 23.0 Å². The van der Waals surface area contributed by atoms with E-state index in [1.807, 2.05) is 0 Å². The van der Waals surface area contributed by atoms with Gasteiger partial charge in [0, 0.05) is 23.8 Å². The number of rotatable bonds is 6. The van der Waals surface area contributed by atoms with Crippen LogP contribution in [0, 0.1) is 10.1 Å². The zero-order chi connectivity index (χ0) is 18.8. The van der Waals surface area contributed by atoms with Gasteiger partial charge in [-0.15, -0.1) is 0 Å². The quantitative estimate of drug-likeness (QED) is 0.512. The topological polar surface area (TPSA) is 120 Å². The molecule has 1 heterocycles. The Morgan fingerprint density at radius 3 is 2.46 bits per heavy atom. The summed E-state index contributed by atoms with van der Waals surface area (Å²) in [4.78, 5) is 18.1. The van der Waals surface area contributed by atoms with Gasteiger partial charge < -0.3 is 24.3 Å². The predicted molar refractivity (Wildman–Crippen MR) is 94.1 cm³/mol. The first-order valence-electron chi connectivity index (χ1n) is 7.74. The molecule has 0 amide bonds. The van der Waals surface area contributed by atoms with Crippen molar-refractivity contribution in [3.8, 4) is 34.4 Å². The van der Waals surface area contributed by atoms with E-state index >= 15 is 0 Å². The fourth-order valence-electron chi connectivity index (χ4n) is 2.61. The summed E-state index contributed by atoms with van der Waals surface area (Å²) >= 11 is 0. The lowest BCUT2D eigenvalue weighted by atomic mass is 10.1. The molecule has 2 aromatic carbocycles. The largest absolute Gasteiger partial charge is 0.500 e. The molecule has 136 valence electrons. The van der Waals surface area contributed by atoms with E-state index in [2.05, 4.69) is 9.97 Å². The number of nitro groups is 1. The van der Waals surface area contributed by atoms with Crippen molar-refractivity contribution in [2.45, 2.75) is 6.92 Å². The average Bonchev–Trinajstić information content (AvgIpc) is 3.04. The Bertz CT molecular complexity index is 941. The number of aromatic hydroxyl groups is 1. The number of aromatic nitrogens is 2. The molecule has 0 saturated carbocycles. The van der Waals surface area contributed by atoms with Crippen molar-refractivity contribution in [3.05, 3.63) is 34.4 Å². The Labute approximate surface area is 148 Å². The fraction of sp³-hybridized carbons (Fsp3) is 0.235. The van der Waals surface area contributed by atoms with Crippen molar-refractivity contribution in [3.63, 3.8) is 0 Å². The maximum Gasteiger partial charge on any atom is 0.315 e. The van der Waals surface area contributed by atoms with Crippen molar-refractivity contribution in [2.24, 2.45) is 0 Å². The van der Waals surface area contributed by atoms with Crippen LogP contribution in [-0.4, -0.2) is 40.8 Å². The minimum Gasteiger partial charge on any atom is -0.500 e. The molecule has 0 spiro atoms. The summed E-state index contributed by atoms with van der Waals surface area (Å²) in [7, 11) is 3.05. The number of phenolic OH excluding ortho intramolecular Hbond substituents is 1. The second-order valence-corrected chi connectivity index (χ2v) is 5.34. The van der Waals surface area contributed by atoms with Crippen LogP contribution in [0.1, 0.15) is 6.92 Å². The van der Waals surface area contributed by atoms with Crippen molar-refractivity contribution in [2.75, 3.05) is 20.8 Å². The zero-order valence-electron chi connectivity index (χ0n) is 14.4. The lowest BCUT2D eigenvalue weighted by Crippen LogP contribution is -1.96. The first-order valence-corrected chi connectivity index (χ1v) is 7.74. The van der Waals surface area contributed by atoms with Gasteiger partial charge in [-0.1, -0.05) is 0 Å². The smallest absolute Gasteiger partial charge is 0.315 e. The van der Waals surface area contributed by atoms with Crippen LogP contribution >= 0.6 is 0 Å². The molecule has 2 N–H and O–H groups in total. The number of H-pyrrole nitrogens is 1. The number of imidazole rings is 1. The molecule has 1 aromatic heterocycles. The molecular formula is C17H17N3O6. The van der Waals surface area contributed by atoms with E-state index < -0.39 is 16.4 Å². The van der Waals surface area contributed by atoms with Gasteiger partial charge in [0.05, 0.1) is 36.8 Å². The van der Waals surface area contributed by atoms with Gasteiger partial charge in [-0.25, -0.2) is 4.98 Å². The molecule has 0 atom stereocenters. The lowest BCUT2D eigenvalue weighted by molar-refractivity contribution is -0.385. The highest BCUT2D eigenvalue weighted by atomic mass is 16.6. The number of nitrogens with zero attached hydrogens (tertiary/aromatic N) is 2. The molecule has 0 unspecified atom stereocenters. The van der Waals surface area contributed by atoms with Gasteiger partial charge in [0.25, 0.3) is 0 Å². The number of aromatic amines is 1. The molecular weight excluding hydrogens is 342 g/mol. The summed E-state index contributed by atoms with van der Waals surface area (Å²) in [5, 5.41) is 21.2. The normalized spacial score (nSPS) is 10.7. The summed E-state index contributed by atoms with van der Waals surface area (Å²) in [5.74, 6) is 0.943. The fourth-order valence-corrected chi connectivity index (χ4v) is 2.61. The summed E-state index contributed by atoms with van der Waals surface area (Å²) < 4.78 is 15.8. The van der Waals surface area contributed by atoms with Crippen LogP contribution < -0.4 is 14.2 Å². The molecule has 0 bridgehead atoms. The maximum absolute atomic E-state index is 11.2. The van der Waals surface area contributed by atoms with Gasteiger partial charge >= 0.3 is 5.69 Å². The van der Waals surface area contributed by atoms with Crippen LogP contribution in [0.4, 0.5) is 5.69 Å². The van der Waals surface area contributed by atoms with Gasteiger partial charge in [-0.05, 0) is 13.0 Å². The zero-order valence-corrected chi connectivity index (χ0v) is 14.4. The summed E-state index contributed by atoms with van der Waals surface area (Å²) in [6, 6.07) is 6.16. The minimum absolute atomic E-state index is 0.0207. The molecule has 9 nitrogen and oxygen atoms in total. The van der Waals surface area contributed by atoms with Crippen LogP contribution in [0.2, 0.25) is 0 Å². The molecule has 0 fully saturated rings. The number of nitrogens with one attached hydrogen (secondary N) is 1. The third-order valence-corrected chi connectivity index (χ3v) is 3.81. The number of fused-ring (bicyclic) bond motifs is 1. The van der Waals surface area contributed by atoms with Crippen molar-refractivity contribution in [1.29, 1.82) is 0 Å². The molecule has 0 aliphatic heterocycles. The van der Waals surface area contributed by atoms with Crippen molar-refractivity contribution >= 4 is 16.7 Å². The van der Waals surface area contributed by atoms with E-state index in [4.69, 9.17) is 14.2 Å². The summed E-state index contributed by atoms with van der Waals surface area (Å²) in [6.07, 6.45) is 0. The van der Waals surface area contributed by atoms with E-state index in [1.165, 1.54) is 26.4 Å². The number of benzene rings is 2. The molecule has 0 radical (unpaired) electrons. The van der Waals surface area contributed by atoms with E-state index in [1.54, 1.807) is 19.1 Å². The highest BCUT2D eigenvalue weighted by Gasteiger charge is 2.22. The van der Waals surface area contributed by atoms with Crippen LogP contribution in [0.15, 0.2) is 24.3 Å². The highest BCUT2D eigenvalue weighted by Crippen LogP contribution is 2.40. The predicted octanol–water partition coefficient (Wildman–Crippen LogP) is 3.26. The van der Waals surface area contributed by atoms with Crippen molar-refractivity contribution in [1.82, 2.24) is 9.97 Å². The maximum atomic E-state index is 11.2. The van der Waals surface area contributed by atoms with E-state index in [0.717, 1.165) is 0 Å². The van der Waals surface area contributed by atoms with Crippen molar-refractivity contribution < 1.29 is 24.2 Å². The third-order valence-electron chi connectivity index (χ3n) is 3.81. The van der Waals surface area contributed by atoms with Gasteiger partial charge in [0.2, 0.25) is 5.75 Å². The van der Waals surface area contributed by atoms with Crippen LogP contribution in [0.3, 0.4) is 0 Å². The number of methoxy groups -OCH3 is 2. The number of ether oxygens (including phenoxy) is 3. The van der Waals surface area contributed by atoms with Crippen LogP contribution in [-0.2, 0) is 0 Å². The Hall–Kier alpha value is -3.49. The monoisotopic (exact) mass is 359 g/mol. The summed E-state index contributed by atoms with van der Waals surface area (Å²) in [5.41, 5.74) is 1.23. The van der Waals surface area contributed by atoms with E-state index in [0.29, 0.717) is 33.9 Å². The van der Waals surface area contributed by atoms with E-state index in [-0.39, 0.29) is 12.4 Å². The van der Waals surface area contributed by atoms with Gasteiger partial charge in [-0.3, -0.25) is 10.1 Å². The molecule has 0 aliphatic rings. The molecule has 26 heavy (non-hydrogen) atoms. The summed E-state index contributed by atoms with van der Waals surface area (Å²) in [6.45, 7) is 1.97. The Kier molecular flexibility index (Phi) is 4.53. The number of hydrogen-bond acceptors (Lipinski definition) is 7. The first-order chi connectivity index (χ1) is 12.5.